The Balaban J connectivity index is 2.16. The number of halogens is 1. The van der Waals surface area contributed by atoms with Gasteiger partial charge in [0, 0.05) is 25.2 Å². The number of nitrogens with zero attached hydrogens (tertiary/aromatic N) is 2. The summed E-state index contributed by atoms with van der Waals surface area (Å²) in [4.78, 5) is 25.9. The van der Waals surface area contributed by atoms with Crippen LogP contribution in [0.25, 0.3) is 0 Å². The van der Waals surface area contributed by atoms with Crippen LogP contribution in [0.3, 0.4) is 0 Å². The summed E-state index contributed by atoms with van der Waals surface area (Å²) in [6, 6.07) is 11.8. The molecule has 2 aromatic rings. The summed E-state index contributed by atoms with van der Waals surface area (Å²) in [5.41, 5.74) is 0.378. The first kappa shape index (κ1) is 24.2. The van der Waals surface area contributed by atoms with Crippen LogP contribution in [0.1, 0.15) is 10.4 Å². The molecular formula is C22H23ClN2O5S. The minimum atomic E-state index is -3.95. The molecule has 0 aromatic heterocycles. The van der Waals surface area contributed by atoms with Gasteiger partial charge in [0.25, 0.3) is 15.9 Å². The maximum atomic E-state index is 13.0. The lowest BCUT2D eigenvalue weighted by molar-refractivity contribution is -0.133. The monoisotopic (exact) mass is 462 g/mol. The van der Waals surface area contributed by atoms with E-state index in [1.165, 1.54) is 42.3 Å². The fraction of sp³-hybridized carbons (Fsp3) is 0.182. The van der Waals surface area contributed by atoms with Gasteiger partial charge in [-0.25, -0.2) is 13.2 Å². The van der Waals surface area contributed by atoms with Crippen LogP contribution in [-0.4, -0.2) is 51.9 Å². The van der Waals surface area contributed by atoms with Gasteiger partial charge >= 0.3 is 5.97 Å². The number of carbonyl (C=O) groups is 2. The third kappa shape index (κ3) is 6.19. The van der Waals surface area contributed by atoms with E-state index in [1.807, 2.05) is 0 Å². The van der Waals surface area contributed by atoms with Gasteiger partial charge in [-0.05, 0) is 36.4 Å². The lowest BCUT2D eigenvalue weighted by Gasteiger charge is -2.20. The van der Waals surface area contributed by atoms with E-state index in [-0.39, 0.29) is 23.5 Å². The Kier molecular flexibility index (Phi) is 8.41. The lowest BCUT2D eigenvalue weighted by atomic mass is 10.2. The topological polar surface area (TPSA) is 84.0 Å². The summed E-state index contributed by atoms with van der Waals surface area (Å²) in [5, 5.41) is 0.392. The van der Waals surface area contributed by atoms with Crippen LogP contribution in [0.2, 0.25) is 5.02 Å². The van der Waals surface area contributed by atoms with E-state index < -0.39 is 28.5 Å². The Labute approximate surface area is 187 Å². The molecule has 2 rings (SSSR count). The van der Waals surface area contributed by atoms with Gasteiger partial charge in [0.15, 0.2) is 6.61 Å². The van der Waals surface area contributed by atoms with Crippen molar-refractivity contribution in [2.45, 2.75) is 4.90 Å². The normalized spacial score (nSPS) is 10.8. The summed E-state index contributed by atoms with van der Waals surface area (Å²) >= 11 is 5.95. The smallest absolute Gasteiger partial charge is 0.338 e. The quantitative estimate of drug-likeness (QED) is 0.398. The van der Waals surface area contributed by atoms with Crippen molar-refractivity contribution in [3.8, 4) is 0 Å². The van der Waals surface area contributed by atoms with E-state index in [9.17, 15) is 18.0 Å². The molecule has 0 spiro atoms. The second-order valence-corrected chi connectivity index (χ2v) is 8.84. The molecule has 0 aliphatic heterocycles. The van der Waals surface area contributed by atoms with Crippen LogP contribution < -0.4 is 4.31 Å². The third-order valence-electron chi connectivity index (χ3n) is 4.28. The SMILES string of the molecule is C=CCN(CC=C)C(=O)COC(=O)c1cccc(S(=O)(=O)N(C)c2cccc(Cl)c2)c1. The predicted molar refractivity (Wildman–Crippen MR) is 121 cm³/mol. The highest BCUT2D eigenvalue weighted by Gasteiger charge is 2.23. The molecule has 0 heterocycles. The molecule has 0 atom stereocenters. The Morgan fingerprint density at radius 3 is 2.32 bits per heavy atom. The second-order valence-electron chi connectivity index (χ2n) is 6.43. The van der Waals surface area contributed by atoms with Crippen LogP contribution in [-0.2, 0) is 19.6 Å². The summed E-state index contributed by atoms with van der Waals surface area (Å²) in [6.45, 7) is 7.24. The van der Waals surface area contributed by atoms with E-state index in [1.54, 1.807) is 30.4 Å². The molecule has 0 aliphatic carbocycles. The molecule has 0 unspecified atom stereocenters. The number of hydrogen-bond acceptors (Lipinski definition) is 5. The molecule has 0 saturated carbocycles. The average molecular weight is 463 g/mol. The standard InChI is InChI=1S/C22H23ClN2O5S/c1-4-12-25(13-5-2)21(26)16-30-22(27)17-8-6-11-20(14-17)31(28,29)24(3)19-10-7-9-18(23)15-19/h4-11,14-15H,1-2,12-13,16H2,3H3. The number of hydrogen-bond donors (Lipinski definition) is 0. The second kappa shape index (κ2) is 10.8. The fourth-order valence-corrected chi connectivity index (χ4v) is 4.06. The van der Waals surface area contributed by atoms with Gasteiger partial charge in [-0.3, -0.25) is 9.10 Å². The van der Waals surface area contributed by atoms with E-state index in [2.05, 4.69) is 13.2 Å². The Bertz CT molecular complexity index is 1070. The Hall–Kier alpha value is -3.10. The van der Waals surface area contributed by atoms with Crippen molar-refractivity contribution in [1.29, 1.82) is 0 Å². The molecule has 0 aliphatic rings. The summed E-state index contributed by atoms with van der Waals surface area (Å²) < 4.78 is 32.1. The fourth-order valence-electron chi connectivity index (χ4n) is 2.64. The molecule has 1 amide bonds. The molecule has 0 radical (unpaired) electrons. The van der Waals surface area contributed by atoms with Gasteiger partial charge in [-0.15, -0.1) is 13.2 Å². The number of carbonyl (C=O) groups excluding carboxylic acids is 2. The number of benzene rings is 2. The Morgan fingerprint density at radius 2 is 1.71 bits per heavy atom. The minimum Gasteiger partial charge on any atom is -0.452 e. The van der Waals surface area contributed by atoms with Gasteiger partial charge < -0.3 is 9.64 Å². The highest BCUT2D eigenvalue weighted by atomic mass is 35.5. The molecular weight excluding hydrogens is 440 g/mol. The molecule has 2 aromatic carbocycles. The number of rotatable bonds is 10. The van der Waals surface area contributed by atoms with Crippen LogP contribution >= 0.6 is 11.6 Å². The Morgan fingerprint density at radius 1 is 1.06 bits per heavy atom. The van der Waals surface area contributed by atoms with E-state index in [4.69, 9.17) is 16.3 Å². The van der Waals surface area contributed by atoms with Crippen molar-refractivity contribution in [1.82, 2.24) is 4.90 Å². The summed E-state index contributed by atoms with van der Waals surface area (Å²) in [6.07, 6.45) is 3.10. The van der Waals surface area contributed by atoms with E-state index in [0.29, 0.717) is 10.7 Å². The maximum Gasteiger partial charge on any atom is 0.338 e. The zero-order chi connectivity index (χ0) is 23.0. The van der Waals surface area contributed by atoms with Crippen LogP contribution in [0.15, 0.2) is 78.7 Å². The van der Waals surface area contributed by atoms with Crippen molar-refractivity contribution in [2.75, 3.05) is 31.0 Å². The van der Waals surface area contributed by atoms with Crippen molar-refractivity contribution in [2.24, 2.45) is 0 Å². The number of ether oxygens (including phenoxy) is 1. The summed E-state index contributed by atoms with van der Waals surface area (Å²) in [7, 11) is -2.57. The number of amides is 1. The molecule has 9 heteroatoms. The number of esters is 1. The van der Waals surface area contributed by atoms with Gasteiger partial charge in [0.05, 0.1) is 16.1 Å². The van der Waals surface area contributed by atoms with Crippen LogP contribution in [0.5, 0.6) is 0 Å². The molecule has 0 saturated heterocycles. The van der Waals surface area contributed by atoms with Crippen molar-refractivity contribution >= 4 is 39.2 Å². The van der Waals surface area contributed by atoms with Gasteiger partial charge in [0.2, 0.25) is 0 Å². The van der Waals surface area contributed by atoms with Crippen molar-refractivity contribution in [3.63, 3.8) is 0 Å². The zero-order valence-corrected chi connectivity index (χ0v) is 18.6. The summed E-state index contributed by atoms with van der Waals surface area (Å²) in [5.74, 6) is -1.23. The molecule has 0 fully saturated rings. The largest absolute Gasteiger partial charge is 0.452 e. The third-order valence-corrected chi connectivity index (χ3v) is 6.30. The van der Waals surface area contributed by atoms with E-state index in [0.717, 1.165) is 4.31 Å². The average Bonchev–Trinajstić information content (AvgIpc) is 2.76. The molecule has 164 valence electrons. The minimum absolute atomic E-state index is 0.00682. The molecule has 0 N–H and O–H groups in total. The zero-order valence-electron chi connectivity index (χ0n) is 17.0. The van der Waals surface area contributed by atoms with Crippen molar-refractivity contribution in [3.05, 3.63) is 84.4 Å². The van der Waals surface area contributed by atoms with Crippen molar-refractivity contribution < 1.29 is 22.7 Å². The van der Waals surface area contributed by atoms with Gasteiger partial charge in [-0.2, -0.15) is 0 Å². The predicted octanol–water partition coefficient (Wildman–Crippen LogP) is 3.52. The van der Waals surface area contributed by atoms with Gasteiger partial charge in [0.1, 0.15) is 0 Å². The maximum absolute atomic E-state index is 13.0. The molecule has 7 nitrogen and oxygen atoms in total. The van der Waals surface area contributed by atoms with Crippen LogP contribution in [0, 0.1) is 0 Å². The number of sulfonamides is 1. The molecule has 0 bridgehead atoms. The first-order chi connectivity index (χ1) is 14.7. The highest BCUT2D eigenvalue weighted by Crippen LogP contribution is 2.25. The van der Waals surface area contributed by atoms with Gasteiger partial charge in [-0.1, -0.05) is 35.9 Å². The van der Waals surface area contributed by atoms with Crippen LogP contribution in [0.4, 0.5) is 5.69 Å². The lowest BCUT2D eigenvalue weighted by Crippen LogP contribution is -2.35. The molecule has 31 heavy (non-hydrogen) atoms. The first-order valence-corrected chi connectivity index (χ1v) is 11.0. The van der Waals surface area contributed by atoms with E-state index >= 15 is 0 Å². The highest BCUT2D eigenvalue weighted by molar-refractivity contribution is 7.92. The number of anilines is 1. The first-order valence-electron chi connectivity index (χ1n) is 9.22.